The number of ether oxygens (including phenoxy) is 1. The zero-order chi connectivity index (χ0) is 14.5. The summed E-state index contributed by atoms with van der Waals surface area (Å²) in [5.74, 6) is 0.639. The van der Waals surface area contributed by atoms with Crippen LogP contribution in [0.4, 0.5) is 4.39 Å². The molecule has 0 spiro atoms. The maximum absolute atomic E-state index is 13.5. The van der Waals surface area contributed by atoms with Gasteiger partial charge in [-0.25, -0.2) is 4.39 Å². The van der Waals surface area contributed by atoms with Gasteiger partial charge in [0.15, 0.2) is 0 Å². The van der Waals surface area contributed by atoms with Crippen LogP contribution in [0.1, 0.15) is 29.0 Å². The third-order valence-corrected chi connectivity index (χ3v) is 3.47. The molecule has 106 valence electrons. The molecule has 0 aliphatic rings. The van der Waals surface area contributed by atoms with Gasteiger partial charge in [0.25, 0.3) is 0 Å². The molecular weight excluding hydrogens is 253 g/mol. The van der Waals surface area contributed by atoms with Crippen LogP contribution < -0.4 is 10.5 Å². The van der Waals surface area contributed by atoms with Gasteiger partial charge in [-0.3, -0.25) is 0 Å². The lowest BCUT2D eigenvalue weighted by Crippen LogP contribution is -2.10. The highest BCUT2D eigenvalue weighted by molar-refractivity contribution is 5.44. The average molecular weight is 273 g/mol. The highest BCUT2D eigenvalue weighted by atomic mass is 19.1. The standard InChI is InChI=1S/C17H20FNO/c1-12-6-7-17(20-2)16(10-12)15(8-9-19)13-4-3-5-14(18)11-13/h3-7,10-11,15H,8-9,19H2,1-2H3. The van der Waals surface area contributed by atoms with Gasteiger partial charge in [-0.15, -0.1) is 0 Å². The minimum absolute atomic E-state index is 0.0468. The summed E-state index contributed by atoms with van der Waals surface area (Å²) in [5, 5.41) is 0. The molecule has 0 aliphatic carbocycles. The normalized spacial score (nSPS) is 12.2. The number of hydrogen-bond acceptors (Lipinski definition) is 2. The number of benzene rings is 2. The van der Waals surface area contributed by atoms with Crippen molar-refractivity contribution in [1.29, 1.82) is 0 Å². The molecule has 2 nitrogen and oxygen atoms in total. The number of nitrogens with two attached hydrogens (primary N) is 1. The molecular formula is C17H20FNO. The van der Waals surface area contributed by atoms with E-state index < -0.39 is 0 Å². The van der Waals surface area contributed by atoms with Crippen molar-refractivity contribution in [2.45, 2.75) is 19.3 Å². The molecule has 0 amide bonds. The minimum Gasteiger partial charge on any atom is -0.496 e. The third-order valence-electron chi connectivity index (χ3n) is 3.47. The second kappa shape index (κ2) is 6.53. The van der Waals surface area contributed by atoms with Crippen LogP contribution in [0.5, 0.6) is 5.75 Å². The Labute approximate surface area is 119 Å². The van der Waals surface area contributed by atoms with Crippen molar-refractivity contribution in [2.24, 2.45) is 5.73 Å². The number of halogens is 1. The van der Waals surface area contributed by atoms with E-state index in [2.05, 4.69) is 6.07 Å². The van der Waals surface area contributed by atoms with Crippen LogP contribution >= 0.6 is 0 Å². The first-order valence-corrected chi connectivity index (χ1v) is 6.75. The molecule has 2 N–H and O–H groups in total. The van der Waals surface area contributed by atoms with E-state index in [-0.39, 0.29) is 11.7 Å². The van der Waals surface area contributed by atoms with E-state index in [1.807, 2.05) is 25.1 Å². The number of hydrogen-bond donors (Lipinski definition) is 1. The summed E-state index contributed by atoms with van der Waals surface area (Å²) in [7, 11) is 1.65. The summed E-state index contributed by atoms with van der Waals surface area (Å²) in [6, 6.07) is 12.7. The maximum Gasteiger partial charge on any atom is 0.123 e. The SMILES string of the molecule is COc1ccc(C)cc1C(CCN)c1cccc(F)c1. The average Bonchev–Trinajstić information content (AvgIpc) is 2.44. The fourth-order valence-electron chi connectivity index (χ4n) is 2.52. The van der Waals surface area contributed by atoms with Crippen LogP contribution in [0.15, 0.2) is 42.5 Å². The Hall–Kier alpha value is -1.87. The Morgan fingerprint density at radius 1 is 1.20 bits per heavy atom. The quantitative estimate of drug-likeness (QED) is 0.903. The van der Waals surface area contributed by atoms with Crippen molar-refractivity contribution in [2.75, 3.05) is 13.7 Å². The summed E-state index contributed by atoms with van der Waals surface area (Å²) in [6.07, 6.45) is 0.753. The molecule has 1 unspecified atom stereocenters. The second-order valence-electron chi connectivity index (χ2n) is 4.93. The van der Waals surface area contributed by atoms with Gasteiger partial charge < -0.3 is 10.5 Å². The largest absolute Gasteiger partial charge is 0.496 e. The first kappa shape index (κ1) is 14.5. The molecule has 20 heavy (non-hydrogen) atoms. The van der Waals surface area contributed by atoms with Crippen molar-refractivity contribution in [3.63, 3.8) is 0 Å². The Balaban J connectivity index is 2.50. The monoisotopic (exact) mass is 273 g/mol. The molecule has 0 aromatic heterocycles. The van der Waals surface area contributed by atoms with Gasteiger partial charge in [-0.1, -0.05) is 29.8 Å². The molecule has 0 aliphatic heterocycles. The minimum atomic E-state index is -0.226. The fourth-order valence-corrected chi connectivity index (χ4v) is 2.52. The van der Waals surface area contributed by atoms with Gasteiger partial charge in [0.2, 0.25) is 0 Å². The maximum atomic E-state index is 13.5. The van der Waals surface area contributed by atoms with Gasteiger partial charge in [0.1, 0.15) is 11.6 Å². The van der Waals surface area contributed by atoms with Crippen molar-refractivity contribution >= 4 is 0 Å². The molecule has 0 bridgehead atoms. The Morgan fingerprint density at radius 2 is 2.00 bits per heavy atom. The summed E-state index contributed by atoms with van der Waals surface area (Å²) in [6.45, 7) is 2.58. The van der Waals surface area contributed by atoms with Crippen LogP contribution in [-0.2, 0) is 0 Å². The van der Waals surface area contributed by atoms with E-state index in [1.165, 1.54) is 6.07 Å². The van der Waals surface area contributed by atoms with Gasteiger partial charge in [0.05, 0.1) is 7.11 Å². The summed E-state index contributed by atoms with van der Waals surface area (Å²) in [4.78, 5) is 0. The van der Waals surface area contributed by atoms with Crippen molar-refractivity contribution in [3.05, 3.63) is 65.0 Å². The lowest BCUT2D eigenvalue weighted by molar-refractivity contribution is 0.406. The zero-order valence-corrected chi connectivity index (χ0v) is 11.9. The Kier molecular flexibility index (Phi) is 4.74. The number of methoxy groups -OCH3 is 1. The predicted octanol–water partition coefficient (Wildman–Crippen LogP) is 3.62. The van der Waals surface area contributed by atoms with Crippen LogP contribution in [0.2, 0.25) is 0 Å². The van der Waals surface area contributed by atoms with Gasteiger partial charge in [0, 0.05) is 11.5 Å². The van der Waals surface area contributed by atoms with Crippen molar-refractivity contribution in [3.8, 4) is 5.75 Å². The van der Waals surface area contributed by atoms with E-state index in [9.17, 15) is 4.39 Å². The lowest BCUT2D eigenvalue weighted by Gasteiger charge is -2.20. The molecule has 2 aromatic rings. The van der Waals surface area contributed by atoms with Crippen LogP contribution in [0.25, 0.3) is 0 Å². The zero-order valence-electron chi connectivity index (χ0n) is 11.9. The molecule has 1 atom stereocenters. The fraction of sp³-hybridized carbons (Fsp3) is 0.294. The molecule has 0 radical (unpaired) electrons. The summed E-state index contributed by atoms with van der Waals surface area (Å²) in [5.41, 5.74) is 8.88. The smallest absolute Gasteiger partial charge is 0.123 e. The van der Waals surface area contributed by atoms with Gasteiger partial charge in [-0.2, -0.15) is 0 Å². The van der Waals surface area contributed by atoms with E-state index in [4.69, 9.17) is 10.5 Å². The van der Waals surface area contributed by atoms with E-state index >= 15 is 0 Å². The van der Waals surface area contributed by atoms with Crippen molar-refractivity contribution in [1.82, 2.24) is 0 Å². The number of rotatable bonds is 5. The van der Waals surface area contributed by atoms with E-state index in [0.717, 1.165) is 28.9 Å². The van der Waals surface area contributed by atoms with E-state index in [0.29, 0.717) is 6.54 Å². The number of aryl methyl sites for hydroxylation is 1. The molecule has 2 rings (SSSR count). The summed E-state index contributed by atoms with van der Waals surface area (Å²) < 4.78 is 18.9. The first-order chi connectivity index (χ1) is 9.65. The third kappa shape index (κ3) is 3.17. The topological polar surface area (TPSA) is 35.2 Å². The van der Waals surface area contributed by atoms with Crippen LogP contribution in [0.3, 0.4) is 0 Å². The van der Waals surface area contributed by atoms with Crippen LogP contribution in [0, 0.1) is 12.7 Å². The van der Waals surface area contributed by atoms with E-state index in [1.54, 1.807) is 19.2 Å². The lowest BCUT2D eigenvalue weighted by atomic mass is 9.87. The van der Waals surface area contributed by atoms with Crippen LogP contribution in [-0.4, -0.2) is 13.7 Å². The molecule has 0 heterocycles. The van der Waals surface area contributed by atoms with Crippen molar-refractivity contribution < 1.29 is 9.13 Å². The molecule has 2 aromatic carbocycles. The predicted molar refractivity (Wildman–Crippen MR) is 79.6 cm³/mol. The highest BCUT2D eigenvalue weighted by Crippen LogP contribution is 2.35. The van der Waals surface area contributed by atoms with Gasteiger partial charge in [-0.05, 0) is 43.7 Å². The Morgan fingerprint density at radius 3 is 2.65 bits per heavy atom. The second-order valence-corrected chi connectivity index (χ2v) is 4.93. The Bertz CT molecular complexity index is 583. The molecule has 0 saturated carbocycles. The molecule has 0 saturated heterocycles. The first-order valence-electron chi connectivity index (χ1n) is 6.75. The summed E-state index contributed by atoms with van der Waals surface area (Å²) >= 11 is 0. The highest BCUT2D eigenvalue weighted by Gasteiger charge is 2.18. The van der Waals surface area contributed by atoms with Gasteiger partial charge >= 0.3 is 0 Å². The molecule has 3 heteroatoms. The molecule has 0 fully saturated rings.